The van der Waals surface area contributed by atoms with Gasteiger partial charge in [0, 0.05) is 0 Å². The Balaban J connectivity index is 2.33. The first-order valence-corrected chi connectivity index (χ1v) is 7.39. The second-order valence-corrected chi connectivity index (χ2v) is 5.82. The van der Waals surface area contributed by atoms with E-state index in [0.717, 1.165) is 0 Å². The number of aromatic amines is 1. The maximum absolute atomic E-state index is 14.0. The van der Waals surface area contributed by atoms with E-state index in [9.17, 15) is 32.4 Å². The third-order valence-corrected chi connectivity index (χ3v) is 3.45. The van der Waals surface area contributed by atoms with Gasteiger partial charge in [-0.1, -0.05) is 0 Å². The molecule has 2 rings (SSSR count). The Hall–Kier alpha value is -1.50. The molecule has 0 saturated carbocycles. The molecule has 0 aliphatic carbocycles. The number of nitrogens with one attached hydrogen (secondary N) is 1. The summed E-state index contributed by atoms with van der Waals surface area (Å²) in [7, 11) is -5.01. The summed E-state index contributed by atoms with van der Waals surface area (Å²) in [4.78, 5) is 40.8. The number of nitrogens with zero attached hydrogens (tertiary/aromatic N) is 1. The summed E-state index contributed by atoms with van der Waals surface area (Å²) < 4.78 is 60.3. The first-order valence-electron chi connectivity index (χ1n) is 5.86. The van der Waals surface area contributed by atoms with Crippen LogP contribution >= 0.6 is 7.82 Å². The molecule has 4 N–H and O–H groups in total. The zero-order valence-electron chi connectivity index (χ0n) is 10.9. The quantitative estimate of drug-likeness (QED) is 0.482. The molecule has 23 heavy (non-hydrogen) atoms. The van der Waals surface area contributed by atoms with Gasteiger partial charge in [0.1, 0.15) is 6.10 Å². The molecular formula is C9H10F3N2O8P. The number of halogens is 3. The minimum Gasteiger partial charge on any atom is -0.384 e. The van der Waals surface area contributed by atoms with Crippen molar-refractivity contribution in [3.8, 4) is 0 Å². The van der Waals surface area contributed by atoms with Crippen LogP contribution in [0.3, 0.4) is 0 Å². The van der Waals surface area contributed by atoms with Crippen LogP contribution < -0.4 is 11.2 Å². The molecule has 130 valence electrons. The normalized spacial score (nSPS) is 27.3. The third kappa shape index (κ3) is 3.54. The Kier molecular flexibility index (Phi) is 4.54. The Morgan fingerprint density at radius 2 is 2.04 bits per heavy atom. The van der Waals surface area contributed by atoms with Gasteiger partial charge in [-0.3, -0.25) is 18.9 Å². The van der Waals surface area contributed by atoms with Gasteiger partial charge < -0.3 is 19.6 Å². The van der Waals surface area contributed by atoms with Crippen molar-refractivity contribution in [3.63, 3.8) is 0 Å². The number of rotatable bonds is 4. The fraction of sp³-hybridized carbons (Fsp3) is 0.556. The minimum absolute atomic E-state index is 0.0113. The second kappa shape index (κ2) is 5.85. The van der Waals surface area contributed by atoms with Crippen molar-refractivity contribution < 1.29 is 41.9 Å². The summed E-state index contributed by atoms with van der Waals surface area (Å²) in [5, 5.41) is 9.47. The largest absolute Gasteiger partial charge is 0.469 e. The molecule has 1 fully saturated rings. The van der Waals surface area contributed by atoms with Gasteiger partial charge >= 0.3 is 19.4 Å². The van der Waals surface area contributed by atoms with E-state index in [0.29, 0.717) is 0 Å². The zero-order valence-corrected chi connectivity index (χ0v) is 11.8. The molecule has 10 nitrogen and oxygen atoms in total. The molecule has 1 aromatic rings. The van der Waals surface area contributed by atoms with Crippen LogP contribution in [-0.2, 0) is 13.8 Å². The predicted molar refractivity (Wildman–Crippen MR) is 64.1 cm³/mol. The molecule has 3 atom stereocenters. The number of phosphoric ester groups is 1. The van der Waals surface area contributed by atoms with Crippen LogP contribution in [0.15, 0.2) is 15.8 Å². The molecule has 2 heterocycles. The number of hydrogen-bond acceptors (Lipinski definition) is 6. The number of H-pyrrole nitrogens is 1. The highest BCUT2D eigenvalue weighted by molar-refractivity contribution is 7.46. The van der Waals surface area contributed by atoms with E-state index in [1.54, 1.807) is 0 Å². The molecular weight excluding hydrogens is 352 g/mol. The fourth-order valence-corrected chi connectivity index (χ4v) is 2.25. The van der Waals surface area contributed by atoms with Crippen molar-refractivity contribution in [2.24, 2.45) is 0 Å². The van der Waals surface area contributed by atoms with Gasteiger partial charge in [0.2, 0.25) is 12.0 Å². The van der Waals surface area contributed by atoms with E-state index < -0.39 is 55.9 Å². The van der Waals surface area contributed by atoms with Gasteiger partial charge in [-0.15, -0.1) is 0 Å². The van der Waals surface area contributed by atoms with Crippen LogP contribution in [0.4, 0.5) is 13.2 Å². The van der Waals surface area contributed by atoms with E-state index in [-0.39, 0.29) is 10.8 Å². The average molecular weight is 362 g/mol. The van der Waals surface area contributed by atoms with Gasteiger partial charge in [0.15, 0.2) is 6.10 Å². The molecule has 1 aliphatic heterocycles. The topological polar surface area (TPSA) is 151 Å². The lowest BCUT2D eigenvalue weighted by Crippen LogP contribution is -2.43. The standard InChI is InChI=1S/C9H10F3N2O8P/c10-3-1-14(8(17)13-6(3)16)7-9(11,12)5(15)4(22-7)2-21-23(18,19)20/h1,4-5,7,15H,2H2,(H,13,16,17)(H2,18,19,20)/t4-,5-,7-/m1/s1. The summed E-state index contributed by atoms with van der Waals surface area (Å²) in [5.41, 5.74) is -2.86. The molecule has 0 unspecified atom stereocenters. The van der Waals surface area contributed by atoms with Crippen LogP contribution in [0.25, 0.3) is 0 Å². The highest BCUT2D eigenvalue weighted by Gasteiger charge is 2.60. The van der Waals surface area contributed by atoms with E-state index >= 15 is 0 Å². The zero-order chi connectivity index (χ0) is 17.6. The summed E-state index contributed by atoms with van der Waals surface area (Å²) in [5.74, 6) is -5.68. The Morgan fingerprint density at radius 1 is 1.43 bits per heavy atom. The highest BCUT2D eigenvalue weighted by Crippen LogP contribution is 2.44. The summed E-state index contributed by atoms with van der Waals surface area (Å²) >= 11 is 0. The number of hydrogen-bond donors (Lipinski definition) is 4. The van der Waals surface area contributed by atoms with Crippen LogP contribution in [-0.4, -0.2) is 49.2 Å². The van der Waals surface area contributed by atoms with Crippen LogP contribution in [0.2, 0.25) is 0 Å². The monoisotopic (exact) mass is 362 g/mol. The molecule has 1 saturated heterocycles. The Labute approximate surface area is 124 Å². The van der Waals surface area contributed by atoms with Gasteiger partial charge in [-0.05, 0) is 0 Å². The smallest absolute Gasteiger partial charge is 0.384 e. The lowest BCUT2D eigenvalue weighted by Gasteiger charge is -2.20. The summed E-state index contributed by atoms with van der Waals surface area (Å²) in [6, 6.07) is 0. The molecule has 0 spiro atoms. The molecule has 1 aliphatic rings. The number of aliphatic hydroxyl groups is 1. The summed E-state index contributed by atoms with van der Waals surface area (Å²) in [6.07, 6.45) is -6.86. The maximum Gasteiger partial charge on any atom is 0.469 e. The number of ether oxygens (including phenoxy) is 1. The molecule has 1 aromatic heterocycles. The van der Waals surface area contributed by atoms with Crippen LogP contribution in [0.1, 0.15) is 6.23 Å². The van der Waals surface area contributed by atoms with E-state index in [1.807, 2.05) is 0 Å². The van der Waals surface area contributed by atoms with Crippen molar-refractivity contribution in [3.05, 3.63) is 32.9 Å². The minimum atomic E-state index is -5.01. The fourth-order valence-electron chi connectivity index (χ4n) is 1.91. The van der Waals surface area contributed by atoms with Crippen LogP contribution in [0.5, 0.6) is 0 Å². The van der Waals surface area contributed by atoms with Gasteiger partial charge in [-0.25, -0.2) is 9.36 Å². The third-order valence-electron chi connectivity index (χ3n) is 2.96. The Morgan fingerprint density at radius 3 is 2.61 bits per heavy atom. The number of aliphatic hydroxyl groups excluding tert-OH is 1. The van der Waals surface area contributed by atoms with Gasteiger partial charge in [-0.2, -0.15) is 13.2 Å². The first kappa shape index (κ1) is 17.8. The second-order valence-electron chi connectivity index (χ2n) is 4.58. The molecule has 0 amide bonds. The average Bonchev–Trinajstić information content (AvgIpc) is 2.63. The maximum atomic E-state index is 14.0. The first-order chi connectivity index (χ1) is 10.4. The Bertz CT molecular complexity index is 758. The van der Waals surface area contributed by atoms with Crippen molar-refractivity contribution in [1.82, 2.24) is 9.55 Å². The van der Waals surface area contributed by atoms with Crippen molar-refractivity contribution >= 4 is 7.82 Å². The number of aromatic nitrogens is 2. The summed E-state index contributed by atoms with van der Waals surface area (Å²) in [6.45, 7) is -1.11. The van der Waals surface area contributed by atoms with Gasteiger partial charge in [0.05, 0.1) is 12.8 Å². The van der Waals surface area contributed by atoms with Crippen molar-refractivity contribution in [2.45, 2.75) is 24.4 Å². The SMILES string of the molecule is O=c1[nH]c(=O)n([C@@H]2O[C@H](COP(=O)(O)O)[C@@H](O)C2(F)F)cc1F. The van der Waals surface area contributed by atoms with Crippen molar-refractivity contribution in [2.75, 3.05) is 6.61 Å². The van der Waals surface area contributed by atoms with Crippen molar-refractivity contribution in [1.29, 1.82) is 0 Å². The number of phosphoric acid groups is 1. The van der Waals surface area contributed by atoms with Gasteiger partial charge in [0.25, 0.3) is 5.56 Å². The molecule has 14 heteroatoms. The predicted octanol–water partition coefficient (Wildman–Crippen LogP) is -1.32. The molecule has 0 aromatic carbocycles. The van der Waals surface area contributed by atoms with E-state index in [1.165, 1.54) is 4.98 Å². The lowest BCUT2D eigenvalue weighted by atomic mass is 10.1. The van der Waals surface area contributed by atoms with E-state index in [2.05, 4.69) is 9.26 Å². The van der Waals surface area contributed by atoms with E-state index in [4.69, 9.17) is 9.79 Å². The molecule has 0 bridgehead atoms. The highest BCUT2D eigenvalue weighted by atomic mass is 31.2. The van der Waals surface area contributed by atoms with Crippen LogP contribution in [0, 0.1) is 5.82 Å². The lowest BCUT2D eigenvalue weighted by molar-refractivity contribution is -0.141. The number of alkyl halides is 2. The molecule has 0 radical (unpaired) electrons.